The third kappa shape index (κ3) is 3.19. The molecule has 1 amide bonds. The highest BCUT2D eigenvalue weighted by Crippen LogP contribution is 2.37. The molecule has 0 saturated heterocycles. The van der Waals surface area contributed by atoms with Gasteiger partial charge in [-0.1, -0.05) is 0 Å². The molecule has 2 aliphatic heterocycles. The summed E-state index contributed by atoms with van der Waals surface area (Å²) in [4.78, 5) is 14.1. The number of ether oxygens (including phenoxy) is 2. The summed E-state index contributed by atoms with van der Waals surface area (Å²) in [5.41, 5.74) is 2.78. The summed E-state index contributed by atoms with van der Waals surface area (Å²) in [6, 6.07) is 3.36. The Kier molecular flexibility index (Phi) is 4.91. The molecule has 1 aromatic rings. The standard InChI is InChI=1S/C16H22N2O5S/c1-22-15(23-2)10-17-24(20,21)13-8-11-4-3-7-18-14(19)6-5-12(9-13)16(11)18/h8-9,15,17H,3-7,10H2,1-2H3. The van der Waals surface area contributed by atoms with Crippen LogP contribution in [0.3, 0.4) is 0 Å². The van der Waals surface area contributed by atoms with Crippen molar-refractivity contribution in [2.24, 2.45) is 0 Å². The first-order chi connectivity index (χ1) is 11.5. The summed E-state index contributed by atoms with van der Waals surface area (Å²) in [6.07, 6.45) is 2.01. The first-order valence-corrected chi connectivity index (χ1v) is 9.46. The van der Waals surface area contributed by atoms with Crippen molar-refractivity contribution in [2.45, 2.75) is 36.9 Å². The Morgan fingerprint density at radius 2 is 1.83 bits per heavy atom. The fourth-order valence-electron chi connectivity index (χ4n) is 3.30. The van der Waals surface area contributed by atoms with Gasteiger partial charge in [0, 0.05) is 27.2 Å². The van der Waals surface area contributed by atoms with Crippen LogP contribution in [0.4, 0.5) is 5.69 Å². The van der Waals surface area contributed by atoms with Crippen molar-refractivity contribution in [1.82, 2.24) is 4.72 Å². The third-order valence-corrected chi connectivity index (χ3v) is 5.93. The van der Waals surface area contributed by atoms with Crippen LogP contribution in [-0.2, 0) is 37.1 Å². The number of amides is 1. The number of hydrogen-bond donors (Lipinski definition) is 1. The number of methoxy groups -OCH3 is 2. The molecule has 0 radical (unpaired) electrons. The van der Waals surface area contributed by atoms with Crippen molar-refractivity contribution < 1.29 is 22.7 Å². The second-order valence-corrected chi connectivity index (χ2v) is 7.76. The molecule has 0 bridgehead atoms. The van der Waals surface area contributed by atoms with Gasteiger partial charge in [-0.2, -0.15) is 0 Å². The number of rotatable bonds is 6. The fourth-order valence-corrected chi connectivity index (χ4v) is 4.42. The van der Waals surface area contributed by atoms with E-state index in [4.69, 9.17) is 9.47 Å². The number of carbonyl (C=O) groups is 1. The van der Waals surface area contributed by atoms with E-state index in [1.807, 2.05) is 0 Å². The lowest BCUT2D eigenvalue weighted by Crippen LogP contribution is -2.39. The molecular formula is C16H22N2O5S. The van der Waals surface area contributed by atoms with Crippen LogP contribution in [0.1, 0.15) is 24.0 Å². The summed E-state index contributed by atoms with van der Waals surface area (Å²) < 4.78 is 37.7. The summed E-state index contributed by atoms with van der Waals surface area (Å²) in [6.45, 7) is 0.749. The first kappa shape index (κ1) is 17.3. The minimum atomic E-state index is -3.66. The molecule has 1 aromatic carbocycles. The van der Waals surface area contributed by atoms with E-state index in [0.29, 0.717) is 19.4 Å². The zero-order valence-electron chi connectivity index (χ0n) is 13.9. The molecule has 0 spiro atoms. The van der Waals surface area contributed by atoms with E-state index in [1.165, 1.54) is 14.2 Å². The van der Waals surface area contributed by atoms with E-state index in [1.54, 1.807) is 17.0 Å². The van der Waals surface area contributed by atoms with Gasteiger partial charge in [0.2, 0.25) is 15.9 Å². The monoisotopic (exact) mass is 354 g/mol. The molecule has 0 saturated carbocycles. The first-order valence-electron chi connectivity index (χ1n) is 7.97. The fraction of sp³-hybridized carbons (Fsp3) is 0.562. The second-order valence-electron chi connectivity index (χ2n) is 5.99. The number of carbonyl (C=O) groups excluding carboxylic acids is 1. The van der Waals surface area contributed by atoms with Crippen LogP contribution < -0.4 is 9.62 Å². The number of nitrogens with one attached hydrogen (secondary N) is 1. The Balaban J connectivity index is 1.91. The lowest BCUT2D eigenvalue weighted by molar-refractivity contribution is -0.119. The third-order valence-electron chi connectivity index (χ3n) is 4.52. The lowest BCUT2D eigenvalue weighted by Gasteiger charge is -2.35. The Morgan fingerprint density at radius 3 is 2.50 bits per heavy atom. The average Bonchev–Trinajstić information content (AvgIpc) is 2.58. The van der Waals surface area contributed by atoms with Gasteiger partial charge in [-0.05, 0) is 42.5 Å². The van der Waals surface area contributed by atoms with E-state index in [9.17, 15) is 13.2 Å². The summed E-state index contributed by atoms with van der Waals surface area (Å²) in [5.74, 6) is 0.125. The van der Waals surface area contributed by atoms with E-state index in [-0.39, 0.29) is 17.3 Å². The number of nitrogens with zero attached hydrogens (tertiary/aromatic N) is 1. The van der Waals surface area contributed by atoms with Crippen molar-refractivity contribution >= 4 is 21.6 Å². The van der Waals surface area contributed by atoms with Gasteiger partial charge in [0.15, 0.2) is 6.29 Å². The minimum Gasteiger partial charge on any atom is -0.355 e. The highest BCUT2D eigenvalue weighted by Gasteiger charge is 2.31. The van der Waals surface area contributed by atoms with Gasteiger partial charge >= 0.3 is 0 Å². The number of benzene rings is 1. The maximum atomic E-state index is 12.6. The molecule has 0 fully saturated rings. The Bertz CT molecular complexity index is 726. The Labute approximate surface area is 142 Å². The van der Waals surface area contributed by atoms with Crippen LogP contribution in [0.25, 0.3) is 0 Å². The highest BCUT2D eigenvalue weighted by molar-refractivity contribution is 7.89. The summed E-state index contributed by atoms with van der Waals surface area (Å²) >= 11 is 0. The van der Waals surface area contributed by atoms with Gasteiger partial charge in [0.1, 0.15) is 0 Å². The van der Waals surface area contributed by atoms with Gasteiger partial charge in [-0.25, -0.2) is 13.1 Å². The number of anilines is 1. The van der Waals surface area contributed by atoms with E-state index >= 15 is 0 Å². The van der Waals surface area contributed by atoms with Crippen molar-refractivity contribution in [1.29, 1.82) is 0 Å². The van der Waals surface area contributed by atoms with E-state index in [2.05, 4.69) is 4.72 Å². The number of hydrogen-bond acceptors (Lipinski definition) is 5. The van der Waals surface area contributed by atoms with Gasteiger partial charge in [-0.15, -0.1) is 0 Å². The smallest absolute Gasteiger partial charge is 0.240 e. The molecule has 132 valence electrons. The minimum absolute atomic E-state index is 0.0341. The van der Waals surface area contributed by atoms with Crippen LogP contribution >= 0.6 is 0 Å². The predicted molar refractivity (Wildman–Crippen MR) is 88.4 cm³/mol. The molecule has 3 rings (SSSR count). The molecule has 7 nitrogen and oxygen atoms in total. The van der Waals surface area contributed by atoms with Crippen LogP contribution in [0.15, 0.2) is 17.0 Å². The zero-order chi connectivity index (χ0) is 17.3. The molecule has 24 heavy (non-hydrogen) atoms. The normalized spacial score (nSPS) is 17.3. The SMILES string of the molecule is COC(CNS(=O)(=O)c1cc2c3c(c1)CCC(=O)N3CCC2)OC. The van der Waals surface area contributed by atoms with E-state index in [0.717, 1.165) is 29.7 Å². The van der Waals surface area contributed by atoms with Crippen molar-refractivity contribution in [3.8, 4) is 0 Å². The highest BCUT2D eigenvalue weighted by atomic mass is 32.2. The molecule has 0 aromatic heterocycles. The topological polar surface area (TPSA) is 84.9 Å². The van der Waals surface area contributed by atoms with E-state index < -0.39 is 16.3 Å². The molecule has 0 unspecified atom stereocenters. The molecule has 0 aliphatic carbocycles. The second kappa shape index (κ2) is 6.79. The van der Waals surface area contributed by atoms with Crippen LogP contribution in [0, 0.1) is 0 Å². The number of aryl methyl sites for hydroxylation is 2. The van der Waals surface area contributed by atoms with Gasteiger partial charge in [0.05, 0.1) is 17.1 Å². The van der Waals surface area contributed by atoms with Crippen LogP contribution in [0.5, 0.6) is 0 Å². The molecular weight excluding hydrogens is 332 g/mol. The van der Waals surface area contributed by atoms with Crippen molar-refractivity contribution in [2.75, 3.05) is 32.2 Å². The largest absolute Gasteiger partial charge is 0.355 e. The van der Waals surface area contributed by atoms with Crippen molar-refractivity contribution in [3.63, 3.8) is 0 Å². The maximum Gasteiger partial charge on any atom is 0.240 e. The average molecular weight is 354 g/mol. The quantitative estimate of drug-likeness (QED) is 0.764. The predicted octanol–water partition coefficient (Wildman–Crippen LogP) is 0.809. The molecule has 0 atom stereocenters. The van der Waals surface area contributed by atoms with Crippen LogP contribution in [0.2, 0.25) is 0 Å². The number of sulfonamides is 1. The summed E-state index contributed by atoms with van der Waals surface area (Å²) in [7, 11) is -0.751. The molecule has 2 aliphatic rings. The summed E-state index contributed by atoms with van der Waals surface area (Å²) in [5, 5.41) is 0. The molecule has 1 N–H and O–H groups in total. The maximum absolute atomic E-state index is 12.6. The van der Waals surface area contributed by atoms with Gasteiger partial charge < -0.3 is 14.4 Å². The van der Waals surface area contributed by atoms with Crippen LogP contribution in [-0.4, -0.2) is 47.9 Å². The Hall–Kier alpha value is -1.48. The van der Waals surface area contributed by atoms with Crippen molar-refractivity contribution in [3.05, 3.63) is 23.3 Å². The van der Waals surface area contributed by atoms with Gasteiger partial charge in [-0.3, -0.25) is 4.79 Å². The molecule has 2 heterocycles. The van der Waals surface area contributed by atoms with Gasteiger partial charge in [0.25, 0.3) is 0 Å². The Morgan fingerprint density at radius 1 is 1.17 bits per heavy atom. The zero-order valence-corrected chi connectivity index (χ0v) is 14.7. The molecule has 8 heteroatoms. The lowest BCUT2D eigenvalue weighted by atomic mass is 9.92.